The van der Waals surface area contributed by atoms with Gasteiger partial charge in [0.2, 0.25) is 10.0 Å². The summed E-state index contributed by atoms with van der Waals surface area (Å²) < 4.78 is 23.5. The van der Waals surface area contributed by atoms with Crippen LogP contribution in [0.25, 0.3) is 0 Å². The summed E-state index contributed by atoms with van der Waals surface area (Å²) in [5.74, 6) is 0. The zero-order chi connectivity index (χ0) is 14.3. The van der Waals surface area contributed by atoms with Crippen LogP contribution in [-0.4, -0.2) is 15.0 Å². The van der Waals surface area contributed by atoms with Gasteiger partial charge in [-0.1, -0.05) is 24.3 Å². The van der Waals surface area contributed by atoms with Crippen molar-refractivity contribution in [2.75, 3.05) is 17.2 Å². The van der Waals surface area contributed by atoms with E-state index in [1.807, 2.05) is 29.2 Å². The summed E-state index contributed by atoms with van der Waals surface area (Å²) in [6, 6.07) is 12.7. The maximum absolute atomic E-state index is 11.8. The monoisotopic (exact) mass is 289 g/mol. The average molecular weight is 289 g/mol. The van der Waals surface area contributed by atoms with Crippen molar-refractivity contribution in [3.8, 4) is 0 Å². The van der Waals surface area contributed by atoms with Gasteiger partial charge in [0.15, 0.2) is 0 Å². The van der Waals surface area contributed by atoms with E-state index in [4.69, 9.17) is 10.9 Å². The van der Waals surface area contributed by atoms with Crippen LogP contribution in [0, 0.1) is 0 Å². The topological polar surface area (TPSA) is 89.4 Å². The van der Waals surface area contributed by atoms with Gasteiger partial charge in [0, 0.05) is 12.2 Å². The van der Waals surface area contributed by atoms with Crippen molar-refractivity contribution in [1.82, 2.24) is 0 Å². The molecule has 5 nitrogen and oxygen atoms in total. The highest BCUT2D eigenvalue weighted by Crippen LogP contribution is 2.40. The van der Waals surface area contributed by atoms with Crippen LogP contribution in [0.15, 0.2) is 47.4 Å². The van der Waals surface area contributed by atoms with E-state index in [-0.39, 0.29) is 4.90 Å². The van der Waals surface area contributed by atoms with Gasteiger partial charge in [-0.25, -0.2) is 13.6 Å². The first-order valence-electron chi connectivity index (χ1n) is 6.25. The van der Waals surface area contributed by atoms with Crippen molar-refractivity contribution >= 4 is 27.1 Å². The van der Waals surface area contributed by atoms with Gasteiger partial charge in [-0.05, 0) is 30.2 Å². The van der Waals surface area contributed by atoms with Crippen LogP contribution in [0.5, 0.6) is 0 Å². The summed E-state index contributed by atoms with van der Waals surface area (Å²) in [5.41, 5.74) is 9.03. The molecular weight excluding hydrogens is 274 g/mol. The molecule has 0 aromatic heterocycles. The molecule has 0 aliphatic carbocycles. The minimum Gasteiger partial charge on any atom is -0.397 e. The van der Waals surface area contributed by atoms with Crippen LogP contribution in [0.1, 0.15) is 5.56 Å². The summed E-state index contributed by atoms with van der Waals surface area (Å²) in [7, 11) is -3.82. The van der Waals surface area contributed by atoms with E-state index in [9.17, 15) is 8.42 Å². The van der Waals surface area contributed by atoms with E-state index in [0.29, 0.717) is 17.9 Å². The van der Waals surface area contributed by atoms with Crippen molar-refractivity contribution in [3.05, 3.63) is 48.0 Å². The molecule has 0 saturated carbocycles. The Morgan fingerprint density at radius 2 is 1.80 bits per heavy atom. The number of sulfonamides is 1. The quantitative estimate of drug-likeness (QED) is 0.822. The molecule has 0 spiro atoms. The lowest BCUT2D eigenvalue weighted by molar-refractivity contribution is 0.598. The van der Waals surface area contributed by atoms with Crippen molar-refractivity contribution in [2.45, 2.75) is 11.3 Å². The smallest absolute Gasteiger partial charge is 0.240 e. The van der Waals surface area contributed by atoms with Crippen molar-refractivity contribution in [3.63, 3.8) is 0 Å². The first-order chi connectivity index (χ1) is 9.48. The maximum Gasteiger partial charge on any atom is 0.240 e. The molecule has 1 heterocycles. The van der Waals surface area contributed by atoms with Crippen molar-refractivity contribution in [2.24, 2.45) is 5.14 Å². The van der Waals surface area contributed by atoms with Gasteiger partial charge in [0.25, 0.3) is 0 Å². The fourth-order valence-corrected chi connectivity index (χ4v) is 3.39. The molecule has 1 aliphatic heterocycles. The largest absolute Gasteiger partial charge is 0.397 e. The van der Waals surface area contributed by atoms with Crippen LogP contribution in [-0.2, 0) is 16.4 Å². The molecule has 1 aliphatic rings. The highest BCUT2D eigenvalue weighted by atomic mass is 32.2. The molecule has 0 fully saturated rings. The van der Waals surface area contributed by atoms with E-state index in [1.54, 1.807) is 12.1 Å². The number of rotatable bonds is 2. The van der Waals surface area contributed by atoms with Crippen LogP contribution < -0.4 is 15.8 Å². The molecule has 3 rings (SSSR count). The third-order valence-electron chi connectivity index (χ3n) is 3.49. The van der Waals surface area contributed by atoms with Gasteiger partial charge in [-0.3, -0.25) is 0 Å². The molecule has 2 aromatic carbocycles. The number of hydrogen-bond donors (Lipinski definition) is 2. The predicted molar refractivity (Wildman–Crippen MR) is 79.4 cm³/mol. The molecule has 0 amide bonds. The third kappa shape index (κ3) is 2.03. The highest BCUT2D eigenvalue weighted by Gasteiger charge is 2.26. The number of nitrogens with zero attached hydrogens (tertiary/aromatic N) is 1. The van der Waals surface area contributed by atoms with E-state index in [2.05, 4.69) is 0 Å². The number of fused-ring (bicyclic) bond motifs is 1. The summed E-state index contributed by atoms with van der Waals surface area (Å²) in [6.45, 7) is 0.691. The molecular formula is C14H15N3O2S. The molecule has 2 aromatic rings. The SMILES string of the molecule is Nc1cccc(S(N)(=O)=O)c1N1CCc2ccccc21. The first kappa shape index (κ1) is 13.0. The number of para-hydroxylation sites is 2. The summed E-state index contributed by atoms with van der Waals surface area (Å²) in [5, 5.41) is 5.30. The highest BCUT2D eigenvalue weighted by molar-refractivity contribution is 7.89. The Balaban J connectivity index is 2.22. The number of nitrogens with two attached hydrogens (primary N) is 2. The second-order valence-corrected chi connectivity index (χ2v) is 6.30. The lowest BCUT2D eigenvalue weighted by Gasteiger charge is -2.23. The van der Waals surface area contributed by atoms with Gasteiger partial charge in [0.05, 0.1) is 11.4 Å². The molecule has 0 unspecified atom stereocenters. The third-order valence-corrected chi connectivity index (χ3v) is 4.44. The molecule has 6 heteroatoms. The molecule has 0 bridgehead atoms. The fraction of sp³-hybridized carbons (Fsp3) is 0.143. The zero-order valence-corrected chi connectivity index (χ0v) is 11.6. The zero-order valence-electron chi connectivity index (χ0n) is 10.8. The van der Waals surface area contributed by atoms with Crippen LogP contribution in [0.4, 0.5) is 17.1 Å². The molecule has 4 N–H and O–H groups in total. The Hall–Kier alpha value is -2.05. The Labute approximate surface area is 117 Å². The summed E-state index contributed by atoms with van der Waals surface area (Å²) >= 11 is 0. The van der Waals surface area contributed by atoms with Crippen LogP contribution in [0.3, 0.4) is 0 Å². The lowest BCUT2D eigenvalue weighted by atomic mass is 10.2. The second-order valence-electron chi connectivity index (χ2n) is 4.77. The molecule has 104 valence electrons. The van der Waals surface area contributed by atoms with E-state index in [0.717, 1.165) is 12.1 Å². The van der Waals surface area contributed by atoms with Crippen molar-refractivity contribution < 1.29 is 8.42 Å². The molecule has 0 saturated heterocycles. The maximum atomic E-state index is 11.8. The number of anilines is 3. The molecule has 0 atom stereocenters. The number of primary sulfonamides is 1. The minimum atomic E-state index is -3.82. The van der Waals surface area contributed by atoms with Crippen LogP contribution in [0.2, 0.25) is 0 Å². The van der Waals surface area contributed by atoms with Gasteiger partial charge in [0.1, 0.15) is 4.90 Å². The molecule has 0 radical (unpaired) electrons. The Morgan fingerprint density at radius 3 is 2.55 bits per heavy atom. The average Bonchev–Trinajstić information content (AvgIpc) is 2.81. The van der Waals surface area contributed by atoms with E-state index >= 15 is 0 Å². The normalized spacial score (nSPS) is 14.3. The van der Waals surface area contributed by atoms with Crippen molar-refractivity contribution in [1.29, 1.82) is 0 Å². The number of benzene rings is 2. The standard InChI is InChI=1S/C14H15N3O2S/c15-11-5-3-7-13(20(16,18)19)14(11)17-9-8-10-4-1-2-6-12(10)17/h1-7H,8-9,15H2,(H2,16,18,19). The van der Waals surface area contributed by atoms with Gasteiger partial charge >= 0.3 is 0 Å². The van der Waals surface area contributed by atoms with Gasteiger partial charge in [-0.2, -0.15) is 0 Å². The first-order valence-corrected chi connectivity index (χ1v) is 7.80. The van der Waals surface area contributed by atoms with Crippen LogP contribution >= 0.6 is 0 Å². The Morgan fingerprint density at radius 1 is 1.05 bits per heavy atom. The Bertz CT molecular complexity index is 772. The molecule has 20 heavy (non-hydrogen) atoms. The predicted octanol–water partition coefficient (Wildman–Crippen LogP) is 1.61. The fourth-order valence-electron chi connectivity index (χ4n) is 2.63. The summed E-state index contributed by atoms with van der Waals surface area (Å²) in [6.07, 6.45) is 0.856. The minimum absolute atomic E-state index is 0.0641. The van der Waals surface area contributed by atoms with E-state index < -0.39 is 10.0 Å². The number of nitrogen functional groups attached to an aromatic ring is 1. The Kier molecular flexibility index (Phi) is 2.92. The summed E-state index contributed by atoms with van der Waals surface area (Å²) in [4.78, 5) is 1.99. The lowest BCUT2D eigenvalue weighted by Crippen LogP contribution is -2.21. The van der Waals surface area contributed by atoms with E-state index in [1.165, 1.54) is 11.6 Å². The second kappa shape index (κ2) is 4.50. The van der Waals surface area contributed by atoms with Gasteiger partial charge < -0.3 is 10.6 Å². The number of hydrogen-bond acceptors (Lipinski definition) is 4. The van der Waals surface area contributed by atoms with Gasteiger partial charge in [-0.15, -0.1) is 0 Å².